The minimum Gasteiger partial charge on any atom is -0.404 e. The Morgan fingerprint density at radius 3 is 2.84 bits per heavy atom. The van der Waals surface area contributed by atoms with Crippen molar-refractivity contribution in [2.75, 3.05) is 44.6 Å². The number of allylic oxidation sites excluding steroid dienone is 1. The SMILES string of the molecule is NC=C(C=NCCN1CCNCC1)c1cnc2ccc(NC(=O)NC3CCCC3)nc2c1. The molecule has 1 aliphatic heterocycles. The highest BCUT2D eigenvalue weighted by Gasteiger charge is 2.17. The van der Waals surface area contributed by atoms with E-state index in [2.05, 4.69) is 35.8 Å². The van der Waals surface area contributed by atoms with Crippen molar-refractivity contribution < 1.29 is 4.79 Å². The van der Waals surface area contributed by atoms with E-state index in [0.29, 0.717) is 11.3 Å². The molecule has 9 heteroatoms. The van der Waals surface area contributed by atoms with E-state index in [1.165, 1.54) is 19.0 Å². The van der Waals surface area contributed by atoms with Gasteiger partial charge < -0.3 is 16.4 Å². The van der Waals surface area contributed by atoms with E-state index in [1.807, 2.05) is 12.1 Å². The van der Waals surface area contributed by atoms with E-state index in [-0.39, 0.29) is 12.1 Å². The van der Waals surface area contributed by atoms with Crippen molar-refractivity contribution in [3.8, 4) is 0 Å². The Hall–Kier alpha value is -3.04. The molecule has 2 aromatic rings. The highest BCUT2D eigenvalue weighted by atomic mass is 16.2. The average molecular weight is 437 g/mol. The minimum atomic E-state index is -0.216. The fraction of sp³-hybridized carbons (Fsp3) is 0.478. The molecular weight excluding hydrogens is 404 g/mol. The fourth-order valence-electron chi connectivity index (χ4n) is 4.15. The Labute approximate surface area is 188 Å². The third-order valence-corrected chi connectivity index (χ3v) is 5.97. The van der Waals surface area contributed by atoms with Gasteiger partial charge in [0.05, 0.1) is 17.6 Å². The second-order valence-electron chi connectivity index (χ2n) is 8.29. The number of fused-ring (bicyclic) bond motifs is 1. The van der Waals surface area contributed by atoms with Crippen LogP contribution in [0.2, 0.25) is 0 Å². The molecule has 2 amide bonds. The number of aromatic nitrogens is 2. The summed E-state index contributed by atoms with van der Waals surface area (Å²) in [4.78, 5) is 28.3. The zero-order valence-electron chi connectivity index (χ0n) is 18.4. The molecule has 0 bridgehead atoms. The van der Waals surface area contributed by atoms with Gasteiger partial charge in [-0.1, -0.05) is 12.8 Å². The second kappa shape index (κ2) is 11.0. The molecular formula is C23H32N8O. The molecule has 1 saturated heterocycles. The van der Waals surface area contributed by atoms with Crippen LogP contribution in [0.4, 0.5) is 10.6 Å². The van der Waals surface area contributed by atoms with Crippen LogP contribution in [0.25, 0.3) is 16.6 Å². The highest BCUT2D eigenvalue weighted by Crippen LogP contribution is 2.20. The number of aliphatic imine (C=N–C) groups is 1. The summed E-state index contributed by atoms with van der Waals surface area (Å²) in [7, 11) is 0. The normalized spacial score (nSPS) is 18.4. The number of urea groups is 1. The predicted molar refractivity (Wildman–Crippen MR) is 129 cm³/mol. The number of pyridine rings is 2. The van der Waals surface area contributed by atoms with Gasteiger partial charge in [-0.05, 0) is 31.0 Å². The molecule has 5 N–H and O–H groups in total. The lowest BCUT2D eigenvalue weighted by atomic mass is 10.1. The molecule has 2 aliphatic rings. The van der Waals surface area contributed by atoms with Gasteiger partial charge in [-0.25, -0.2) is 9.78 Å². The number of anilines is 1. The van der Waals surface area contributed by atoms with Crippen LogP contribution in [0.5, 0.6) is 0 Å². The smallest absolute Gasteiger partial charge is 0.320 e. The molecule has 9 nitrogen and oxygen atoms in total. The molecule has 0 spiro atoms. The molecule has 2 fully saturated rings. The third kappa shape index (κ3) is 6.02. The van der Waals surface area contributed by atoms with Crippen molar-refractivity contribution in [3.05, 3.63) is 36.2 Å². The number of nitrogens with one attached hydrogen (secondary N) is 3. The maximum Gasteiger partial charge on any atom is 0.320 e. The van der Waals surface area contributed by atoms with Gasteiger partial charge in [0.1, 0.15) is 5.82 Å². The minimum absolute atomic E-state index is 0.216. The number of carbonyl (C=O) groups is 1. The monoisotopic (exact) mass is 436 g/mol. The Morgan fingerprint density at radius 1 is 1.25 bits per heavy atom. The zero-order chi connectivity index (χ0) is 22.2. The first kappa shape index (κ1) is 22.2. The lowest BCUT2D eigenvalue weighted by Gasteiger charge is -2.26. The van der Waals surface area contributed by atoms with Crippen LogP contribution >= 0.6 is 0 Å². The Bertz CT molecular complexity index is 977. The van der Waals surface area contributed by atoms with Gasteiger partial charge in [0.2, 0.25) is 0 Å². The number of hydrogen-bond acceptors (Lipinski definition) is 7. The van der Waals surface area contributed by atoms with Gasteiger partial charge in [0.25, 0.3) is 0 Å². The van der Waals surface area contributed by atoms with E-state index in [0.717, 1.165) is 68.8 Å². The summed E-state index contributed by atoms with van der Waals surface area (Å²) in [6.45, 7) is 5.85. The first-order valence-corrected chi connectivity index (χ1v) is 11.4. The number of piperazine rings is 1. The number of hydrogen-bond donors (Lipinski definition) is 4. The summed E-state index contributed by atoms with van der Waals surface area (Å²) >= 11 is 0. The third-order valence-electron chi connectivity index (χ3n) is 5.97. The lowest BCUT2D eigenvalue weighted by Crippen LogP contribution is -2.44. The summed E-state index contributed by atoms with van der Waals surface area (Å²) < 4.78 is 0. The summed E-state index contributed by atoms with van der Waals surface area (Å²) in [5.41, 5.74) is 8.93. The first-order valence-electron chi connectivity index (χ1n) is 11.4. The van der Waals surface area contributed by atoms with Gasteiger partial charge >= 0.3 is 6.03 Å². The van der Waals surface area contributed by atoms with Gasteiger partial charge in [-0.15, -0.1) is 0 Å². The van der Waals surface area contributed by atoms with Crippen LogP contribution < -0.4 is 21.7 Å². The van der Waals surface area contributed by atoms with Crippen molar-refractivity contribution in [3.63, 3.8) is 0 Å². The molecule has 0 radical (unpaired) electrons. The summed E-state index contributed by atoms with van der Waals surface area (Å²) in [5.74, 6) is 0.495. The van der Waals surface area contributed by atoms with Crippen molar-refractivity contribution in [2.45, 2.75) is 31.7 Å². The van der Waals surface area contributed by atoms with Crippen LogP contribution in [0.3, 0.4) is 0 Å². The zero-order valence-corrected chi connectivity index (χ0v) is 18.4. The maximum atomic E-state index is 12.3. The molecule has 32 heavy (non-hydrogen) atoms. The largest absolute Gasteiger partial charge is 0.404 e. The van der Waals surface area contributed by atoms with Crippen molar-refractivity contribution in [2.24, 2.45) is 10.7 Å². The molecule has 0 unspecified atom stereocenters. The molecule has 3 heterocycles. The lowest BCUT2D eigenvalue weighted by molar-refractivity contribution is 0.248. The highest BCUT2D eigenvalue weighted by molar-refractivity contribution is 6.10. The average Bonchev–Trinajstić information content (AvgIpc) is 3.32. The van der Waals surface area contributed by atoms with Crippen molar-refractivity contribution in [1.29, 1.82) is 0 Å². The van der Waals surface area contributed by atoms with Gasteiger partial charge in [0, 0.05) is 68.5 Å². The Morgan fingerprint density at radius 2 is 2.06 bits per heavy atom. The number of carbonyl (C=O) groups excluding carboxylic acids is 1. The van der Waals surface area contributed by atoms with Crippen LogP contribution in [-0.2, 0) is 0 Å². The van der Waals surface area contributed by atoms with E-state index < -0.39 is 0 Å². The molecule has 170 valence electrons. The van der Waals surface area contributed by atoms with Gasteiger partial charge in [-0.3, -0.25) is 20.2 Å². The number of rotatable bonds is 7. The van der Waals surface area contributed by atoms with Crippen LogP contribution in [0, 0.1) is 0 Å². The summed E-state index contributed by atoms with van der Waals surface area (Å²) in [5, 5.41) is 9.20. The quantitative estimate of drug-likeness (QED) is 0.493. The predicted octanol–water partition coefficient (Wildman–Crippen LogP) is 1.97. The molecule has 1 aliphatic carbocycles. The van der Waals surface area contributed by atoms with Crippen LogP contribution in [-0.4, -0.2) is 72.4 Å². The summed E-state index contributed by atoms with van der Waals surface area (Å²) in [6.07, 6.45) is 9.52. The van der Waals surface area contributed by atoms with Gasteiger partial charge in [0.15, 0.2) is 0 Å². The van der Waals surface area contributed by atoms with Crippen molar-refractivity contribution >= 4 is 34.7 Å². The maximum absolute atomic E-state index is 12.3. The molecule has 4 rings (SSSR count). The molecule has 1 saturated carbocycles. The number of nitrogens with zero attached hydrogens (tertiary/aromatic N) is 4. The topological polar surface area (TPSA) is 121 Å². The Balaban J connectivity index is 1.39. The van der Waals surface area contributed by atoms with Crippen molar-refractivity contribution in [1.82, 2.24) is 25.5 Å². The number of nitrogens with two attached hydrogens (primary N) is 1. The first-order chi connectivity index (χ1) is 15.7. The van der Waals surface area contributed by atoms with E-state index in [1.54, 1.807) is 18.5 Å². The second-order valence-corrected chi connectivity index (χ2v) is 8.29. The van der Waals surface area contributed by atoms with Crippen LogP contribution in [0.15, 0.2) is 35.6 Å². The molecule has 0 atom stereocenters. The standard InChI is InChI=1S/C23H32N8O/c24-14-18(15-26-9-12-31-10-7-25-8-11-31)17-13-21-20(27-16-17)5-6-22(29-21)30-23(32)28-19-3-1-2-4-19/h5-6,13-16,19,25H,1-4,7-12,24H2,(H2,28,29,30,32). The fourth-order valence-corrected chi connectivity index (χ4v) is 4.15. The van der Waals surface area contributed by atoms with E-state index >= 15 is 0 Å². The van der Waals surface area contributed by atoms with Gasteiger partial charge in [-0.2, -0.15) is 0 Å². The van der Waals surface area contributed by atoms with E-state index in [4.69, 9.17) is 5.73 Å². The molecule has 0 aromatic carbocycles. The van der Waals surface area contributed by atoms with E-state index in [9.17, 15) is 4.79 Å². The molecule has 2 aromatic heterocycles. The Kier molecular flexibility index (Phi) is 7.63. The summed E-state index contributed by atoms with van der Waals surface area (Å²) in [6, 6.07) is 5.58. The van der Waals surface area contributed by atoms with Crippen LogP contribution in [0.1, 0.15) is 31.2 Å². The number of amides is 2.